The first-order valence-corrected chi connectivity index (χ1v) is 9.43. The number of guanidine groups is 1. The van der Waals surface area contributed by atoms with Gasteiger partial charge in [0.25, 0.3) is 0 Å². The maximum absolute atomic E-state index is 12.6. The van der Waals surface area contributed by atoms with E-state index >= 15 is 0 Å². The lowest BCUT2D eigenvalue weighted by atomic mass is 9.79. The first-order chi connectivity index (χ1) is 12.3. The van der Waals surface area contributed by atoms with Gasteiger partial charge in [0.15, 0.2) is 11.7 Å². The number of thiazole rings is 1. The Morgan fingerprint density at radius 1 is 1.52 bits per heavy atom. The minimum atomic E-state index is -4.40. The fourth-order valence-corrected chi connectivity index (χ4v) is 4.40. The van der Waals surface area contributed by atoms with Gasteiger partial charge in [0.05, 0.1) is 5.01 Å². The molecule has 1 spiro atoms. The smallest absolute Gasteiger partial charge is 0.356 e. The van der Waals surface area contributed by atoms with Crippen LogP contribution in [0.2, 0.25) is 0 Å². The molecule has 0 radical (unpaired) electrons. The number of alkyl halides is 3. The quantitative estimate of drug-likeness (QED) is 0.368. The molecule has 1 atom stereocenters. The van der Waals surface area contributed by atoms with Crippen LogP contribution >= 0.6 is 35.3 Å². The van der Waals surface area contributed by atoms with Gasteiger partial charge in [-0.3, -0.25) is 9.79 Å². The normalized spacial score (nSPS) is 23.3. The summed E-state index contributed by atoms with van der Waals surface area (Å²) in [6, 6.07) is 0. The Labute approximate surface area is 177 Å². The number of nitrogens with zero attached hydrogens (tertiary/aromatic N) is 3. The fourth-order valence-electron chi connectivity index (χ4n) is 3.60. The maximum atomic E-state index is 12.6. The highest BCUT2D eigenvalue weighted by Crippen LogP contribution is 2.36. The van der Waals surface area contributed by atoms with Crippen LogP contribution in [-0.2, 0) is 17.4 Å². The van der Waals surface area contributed by atoms with Gasteiger partial charge in [0.1, 0.15) is 0 Å². The number of hydrogen-bond donors (Lipinski definition) is 2. The molecule has 2 aliphatic rings. The molecule has 0 aromatic carbocycles. The number of nitrogens with one attached hydrogen (secondary N) is 2. The zero-order chi connectivity index (χ0) is 18.8. The molecule has 2 N–H and O–H groups in total. The van der Waals surface area contributed by atoms with Crippen LogP contribution in [0.1, 0.15) is 30.0 Å². The summed E-state index contributed by atoms with van der Waals surface area (Å²) in [6.07, 6.45) is -1.46. The molecule has 2 aliphatic heterocycles. The molecule has 0 bridgehead atoms. The van der Waals surface area contributed by atoms with Crippen molar-refractivity contribution in [3.63, 3.8) is 0 Å². The van der Waals surface area contributed by atoms with E-state index in [0.29, 0.717) is 30.9 Å². The molecular formula is C16H23F3IN5OS. The van der Waals surface area contributed by atoms with Crippen LogP contribution in [0, 0.1) is 5.41 Å². The second-order valence-corrected chi connectivity index (χ2v) is 7.77. The van der Waals surface area contributed by atoms with Crippen molar-refractivity contribution in [1.29, 1.82) is 0 Å². The topological polar surface area (TPSA) is 69.6 Å². The number of carbonyl (C=O) groups excluding carboxylic acids is 1. The average molecular weight is 517 g/mol. The standard InChI is InChI=1S/C16H22F3N5OS.HI/c1-20-14(21-5-3-13-23-11(8-26-13)16(17,18)19)24-6-2-4-15(10-24)7-12(25)22-9-15;/h8H,2-7,9-10H2,1H3,(H,20,21)(H,22,25);1H. The summed E-state index contributed by atoms with van der Waals surface area (Å²) in [6.45, 7) is 2.75. The number of hydrogen-bond acceptors (Lipinski definition) is 4. The first-order valence-electron chi connectivity index (χ1n) is 8.55. The summed E-state index contributed by atoms with van der Waals surface area (Å²) in [5, 5.41) is 7.61. The van der Waals surface area contributed by atoms with Crippen molar-refractivity contribution in [2.24, 2.45) is 10.4 Å². The Balaban J connectivity index is 0.00000261. The van der Waals surface area contributed by atoms with Gasteiger partial charge >= 0.3 is 6.18 Å². The highest BCUT2D eigenvalue weighted by atomic mass is 127. The van der Waals surface area contributed by atoms with E-state index in [1.807, 2.05) is 0 Å². The van der Waals surface area contributed by atoms with E-state index in [1.165, 1.54) is 0 Å². The van der Waals surface area contributed by atoms with E-state index in [-0.39, 0.29) is 35.3 Å². The van der Waals surface area contributed by atoms with E-state index in [2.05, 4.69) is 25.5 Å². The molecule has 1 amide bonds. The molecule has 1 aromatic rings. The molecular weight excluding hydrogens is 494 g/mol. The Morgan fingerprint density at radius 3 is 2.89 bits per heavy atom. The largest absolute Gasteiger partial charge is 0.434 e. The third-order valence-electron chi connectivity index (χ3n) is 4.83. The molecule has 27 heavy (non-hydrogen) atoms. The van der Waals surface area contributed by atoms with Gasteiger partial charge in [-0.2, -0.15) is 13.2 Å². The molecule has 152 valence electrons. The summed E-state index contributed by atoms with van der Waals surface area (Å²) in [4.78, 5) is 21.7. The maximum Gasteiger partial charge on any atom is 0.434 e. The second-order valence-electron chi connectivity index (χ2n) is 6.83. The number of halogens is 4. The number of aliphatic imine (C=N–C) groups is 1. The van der Waals surface area contributed by atoms with Crippen molar-refractivity contribution in [1.82, 2.24) is 20.5 Å². The lowest BCUT2D eigenvalue weighted by Crippen LogP contribution is -2.51. The molecule has 2 fully saturated rings. The van der Waals surface area contributed by atoms with Gasteiger partial charge in [0, 0.05) is 56.9 Å². The third kappa shape index (κ3) is 5.46. The SMILES string of the molecule is CN=C(NCCc1nc(C(F)(F)F)cs1)N1CCCC2(CNC(=O)C2)C1.I. The van der Waals surface area contributed by atoms with Crippen LogP contribution in [-0.4, -0.2) is 55.0 Å². The van der Waals surface area contributed by atoms with Crippen LogP contribution in [0.4, 0.5) is 13.2 Å². The van der Waals surface area contributed by atoms with Crippen LogP contribution in [0.3, 0.4) is 0 Å². The third-order valence-corrected chi connectivity index (χ3v) is 5.74. The first kappa shape index (κ1) is 22.2. The summed E-state index contributed by atoms with van der Waals surface area (Å²) >= 11 is 1.02. The second kappa shape index (κ2) is 8.93. The van der Waals surface area contributed by atoms with E-state index in [9.17, 15) is 18.0 Å². The molecule has 6 nitrogen and oxygen atoms in total. The van der Waals surface area contributed by atoms with Crippen LogP contribution < -0.4 is 10.6 Å². The zero-order valence-electron chi connectivity index (χ0n) is 14.9. The van der Waals surface area contributed by atoms with Crippen LogP contribution in [0.15, 0.2) is 10.4 Å². The number of amides is 1. The predicted octanol–water partition coefficient (Wildman–Crippen LogP) is 2.50. The molecule has 1 aromatic heterocycles. The summed E-state index contributed by atoms with van der Waals surface area (Å²) in [7, 11) is 1.69. The van der Waals surface area contributed by atoms with Gasteiger partial charge < -0.3 is 15.5 Å². The number of likely N-dealkylation sites (tertiary alicyclic amines) is 1. The number of piperidine rings is 1. The Kier molecular flexibility index (Phi) is 7.33. The van der Waals surface area contributed by atoms with E-state index in [0.717, 1.165) is 48.6 Å². The summed E-state index contributed by atoms with van der Waals surface area (Å²) in [5.74, 6) is 0.815. The minimum Gasteiger partial charge on any atom is -0.356 e. The van der Waals surface area contributed by atoms with E-state index in [4.69, 9.17) is 0 Å². The molecule has 11 heteroatoms. The number of carbonyl (C=O) groups is 1. The Bertz CT molecular complexity index is 696. The van der Waals surface area contributed by atoms with E-state index in [1.54, 1.807) is 7.05 Å². The van der Waals surface area contributed by atoms with Crippen molar-refractivity contribution in [2.75, 3.05) is 33.2 Å². The number of aromatic nitrogens is 1. The fraction of sp³-hybridized carbons (Fsp3) is 0.688. The summed E-state index contributed by atoms with van der Waals surface area (Å²) in [5.41, 5.74) is -0.873. The van der Waals surface area contributed by atoms with E-state index < -0.39 is 11.9 Å². The lowest BCUT2D eigenvalue weighted by Gasteiger charge is -2.40. The molecule has 3 heterocycles. The van der Waals surface area contributed by atoms with Crippen molar-refractivity contribution >= 4 is 47.2 Å². The predicted molar refractivity (Wildman–Crippen MR) is 108 cm³/mol. The Hall–Kier alpha value is -1.11. The molecule has 0 saturated carbocycles. The summed E-state index contributed by atoms with van der Waals surface area (Å²) < 4.78 is 37.8. The molecule has 2 saturated heterocycles. The van der Waals surface area contributed by atoms with Crippen molar-refractivity contribution < 1.29 is 18.0 Å². The molecule has 3 rings (SSSR count). The Morgan fingerprint density at radius 2 is 2.30 bits per heavy atom. The van der Waals surface area contributed by atoms with Crippen molar-refractivity contribution in [3.8, 4) is 0 Å². The molecule has 0 aliphatic carbocycles. The van der Waals surface area contributed by atoms with Gasteiger partial charge in [0.2, 0.25) is 5.91 Å². The van der Waals surface area contributed by atoms with Gasteiger partial charge in [-0.15, -0.1) is 35.3 Å². The van der Waals surface area contributed by atoms with Crippen molar-refractivity contribution in [2.45, 2.75) is 31.9 Å². The highest BCUT2D eigenvalue weighted by Gasteiger charge is 2.42. The van der Waals surface area contributed by atoms with Gasteiger partial charge in [-0.1, -0.05) is 0 Å². The van der Waals surface area contributed by atoms with Gasteiger partial charge in [-0.05, 0) is 12.8 Å². The number of rotatable bonds is 3. The molecule has 1 unspecified atom stereocenters. The van der Waals surface area contributed by atoms with Crippen LogP contribution in [0.5, 0.6) is 0 Å². The van der Waals surface area contributed by atoms with Crippen molar-refractivity contribution in [3.05, 3.63) is 16.1 Å². The lowest BCUT2D eigenvalue weighted by molar-refractivity contribution is -0.140. The van der Waals surface area contributed by atoms with Gasteiger partial charge in [-0.25, -0.2) is 4.98 Å². The minimum absolute atomic E-state index is 0. The zero-order valence-corrected chi connectivity index (χ0v) is 18.1. The monoisotopic (exact) mass is 517 g/mol. The highest BCUT2D eigenvalue weighted by molar-refractivity contribution is 14.0. The average Bonchev–Trinajstić information content (AvgIpc) is 3.19. The van der Waals surface area contributed by atoms with Crippen LogP contribution in [0.25, 0.3) is 0 Å².